The molecule has 2 aromatic carbocycles. The summed E-state index contributed by atoms with van der Waals surface area (Å²) >= 11 is 6.48. The summed E-state index contributed by atoms with van der Waals surface area (Å²) in [6.45, 7) is 0.873. The van der Waals surface area contributed by atoms with E-state index in [0.29, 0.717) is 25.9 Å². The van der Waals surface area contributed by atoms with Crippen LogP contribution < -0.4 is 10.5 Å². The van der Waals surface area contributed by atoms with Crippen LogP contribution in [0.4, 0.5) is 5.69 Å². The average molecular weight is 471 g/mol. The maximum absolute atomic E-state index is 12.1. The summed E-state index contributed by atoms with van der Waals surface area (Å²) < 4.78 is 11.0. The van der Waals surface area contributed by atoms with Crippen LogP contribution in [0.3, 0.4) is 0 Å². The first-order valence-electron chi connectivity index (χ1n) is 7.01. The number of carbonyl (C=O) groups is 3. The SMILES string of the molecule is CC(=O)Oc1ccc(C(=O)COC(=O)c2cc(Br)c(N)c(Br)c2)cc1. The molecule has 0 heterocycles. The smallest absolute Gasteiger partial charge is 0.338 e. The molecule has 0 atom stereocenters. The van der Waals surface area contributed by atoms with Gasteiger partial charge in [-0.05, 0) is 68.3 Å². The maximum Gasteiger partial charge on any atom is 0.338 e. The highest BCUT2D eigenvalue weighted by atomic mass is 79.9. The van der Waals surface area contributed by atoms with Crippen molar-refractivity contribution in [3.05, 3.63) is 56.5 Å². The number of Topliss-reactive ketones (excluding diaryl/α,β-unsaturated/α-hetero) is 1. The van der Waals surface area contributed by atoms with Gasteiger partial charge >= 0.3 is 11.9 Å². The Bertz CT molecular complexity index is 810. The van der Waals surface area contributed by atoms with Crippen molar-refractivity contribution in [1.82, 2.24) is 0 Å². The number of esters is 2. The molecule has 0 saturated heterocycles. The van der Waals surface area contributed by atoms with E-state index in [9.17, 15) is 14.4 Å². The van der Waals surface area contributed by atoms with Gasteiger partial charge in [0.1, 0.15) is 5.75 Å². The van der Waals surface area contributed by atoms with Crippen molar-refractivity contribution in [1.29, 1.82) is 0 Å². The fourth-order valence-corrected chi connectivity index (χ4v) is 3.06. The zero-order valence-electron chi connectivity index (χ0n) is 13.0. The Morgan fingerprint density at radius 2 is 1.56 bits per heavy atom. The molecule has 6 nitrogen and oxygen atoms in total. The molecule has 2 aromatic rings. The molecule has 0 bridgehead atoms. The van der Waals surface area contributed by atoms with Gasteiger partial charge in [-0.3, -0.25) is 9.59 Å². The third-order valence-electron chi connectivity index (χ3n) is 3.09. The summed E-state index contributed by atoms with van der Waals surface area (Å²) in [5.74, 6) is -1.14. The highest BCUT2D eigenvalue weighted by Gasteiger charge is 2.15. The lowest BCUT2D eigenvalue weighted by Crippen LogP contribution is -2.14. The second-order valence-electron chi connectivity index (χ2n) is 4.97. The molecule has 8 heteroatoms. The van der Waals surface area contributed by atoms with Crippen molar-refractivity contribution in [2.24, 2.45) is 0 Å². The average Bonchev–Trinajstić information content (AvgIpc) is 2.56. The largest absolute Gasteiger partial charge is 0.454 e. The lowest BCUT2D eigenvalue weighted by atomic mass is 10.1. The molecular formula is C17H13Br2NO5. The minimum atomic E-state index is -0.647. The van der Waals surface area contributed by atoms with E-state index in [-0.39, 0.29) is 11.3 Å². The third kappa shape index (κ3) is 5.14. The van der Waals surface area contributed by atoms with Crippen molar-refractivity contribution in [2.45, 2.75) is 6.92 Å². The number of benzene rings is 2. The normalized spacial score (nSPS) is 10.2. The zero-order valence-corrected chi connectivity index (χ0v) is 16.2. The first-order chi connectivity index (χ1) is 11.8. The number of halogens is 2. The van der Waals surface area contributed by atoms with Crippen LogP contribution in [0.15, 0.2) is 45.3 Å². The summed E-state index contributed by atoms with van der Waals surface area (Å²) in [4.78, 5) is 35.0. The Hall–Kier alpha value is -2.19. The number of carbonyl (C=O) groups excluding carboxylic acids is 3. The van der Waals surface area contributed by atoms with Crippen LogP contribution in [0.1, 0.15) is 27.6 Å². The molecule has 0 saturated carbocycles. The molecule has 0 unspecified atom stereocenters. The molecule has 0 aliphatic rings. The van der Waals surface area contributed by atoms with E-state index in [1.54, 1.807) is 0 Å². The van der Waals surface area contributed by atoms with Gasteiger partial charge in [-0.2, -0.15) is 0 Å². The van der Waals surface area contributed by atoms with E-state index in [4.69, 9.17) is 15.2 Å². The molecule has 2 N–H and O–H groups in total. The fraction of sp³-hybridized carbons (Fsp3) is 0.118. The topological polar surface area (TPSA) is 95.7 Å². The van der Waals surface area contributed by atoms with Crippen LogP contribution in [0.5, 0.6) is 5.75 Å². The van der Waals surface area contributed by atoms with Crippen LogP contribution in [-0.4, -0.2) is 24.3 Å². The van der Waals surface area contributed by atoms with Gasteiger partial charge in [0.15, 0.2) is 12.4 Å². The minimum absolute atomic E-state index is 0.256. The summed E-state index contributed by atoms with van der Waals surface area (Å²) in [6.07, 6.45) is 0. The van der Waals surface area contributed by atoms with E-state index >= 15 is 0 Å². The Kier molecular flexibility index (Phi) is 6.33. The molecule has 2 rings (SSSR count). The molecular weight excluding hydrogens is 458 g/mol. The monoisotopic (exact) mass is 469 g/mol. The zero-order chi connectivity index (χ0) is 18.6. The first-order valence-corrected chi connectivity index (χ1v) is 8.60. The lowest BCUT2D eigenvalue weighted by Gasteiger charge is -2.08. The standard InChI is InChI=1S/C17H13Br2NO5/c1-9(21)25-12-4-2-10(3-5-12)15(22)8-24-17(23)11-6-13(18)16(20)14(19)7-11/h2-7H,8,20H2,1H3. The van der Waals surface area contributed by atoms with Gasteiger partial charge in [-0.15, -0.1) is 0 Å². The van der Waals surface area contributed by atoms with Gasteiger partial charge in [0, 0.05) is 21.4 Å². The van der Waals surface area contributed by atoms with Gasteiger partial charge < -0.3 is 15.2 Å². The number of hydrogen-bond acceptors (Lipinski definition) is 6. The van der Waals surface area contributed by atoms with Crippen LogP contribution in [0.25, 0.3) is 0 Å². The molecule has 130 valence electrons. The fourth-order valence-electron chi connectivity index (χ4n) is 1.87. The van der Waals surface area contributed by atoms with Gasteiger partial charge in [0.2, 0.25) is 0 Å². The van der Waals surface area contributed by atoms with E-state index in [1.807, 2.05) is 0 Å². The van der Waals surface area contributed by atoms with Gasteiger partial charge in [0.05, 0.1) is 11.3 Å². The highest BCUT2D eigenvalue weighted by Crippen LogP contribution is 2.29. The van der Waals surface area contributed by atoms with Crippen molar-refractivity contribution < 1.29 is 23.9 Å². The van der Waals surface area contributed by atoms with Crippen LogP contribution in [0.2, 0.25) is 0 Å². The summed E-state index contributed by atoms with van der Waals surface area (Å²) in [7, 11) is 0. The van der Waals surface area contributed by atoms with E-state index < -0.39 is 18.5 Å². The summed E-state index contributed by atoms with van der Waals surface area (Å²) in [5.41, 5.74) is 6.81. The summed E-state index contributed by atoms with van der Waals surface area (Å²) in [6, 6.07) is 8.99. The highest BCUT2D eigenvalue weighted by molar-refractivity contribution is 9.11. The number of ketones is 1. The molecule has 0 spiro atoms. The molecule has 0 aliphatic heterocycles. The van der Waals surface area contributed by atoms with E-state index in [2.05, 4.69) is 31.9 Å². The van der Waals surface area contributed by atoms with Gasteiger partial charge in [-0.25, -0.2) is 4.79 Å². The Morgan fingerprint density at radius 3 is 2.08 bits per heavy atom. The van der Waals surface area contributed by atoms with Crippen molar-refractivity contribution in [3.63, 3.8) is 0 Å². The Morgan fingerprint density at radius 1 is 1.00 bits per heavy atom. The minimum Gasteiger partial charge on any atom is -0.454 e. The second kappa shape index (κ2) is 8.26. The molecule has 0 aromatic heterocycles. The number of hydrogen-bond donors (Lipinski definition) is 1. The Labute approximate surface area is 160 Å². The molecule has 0 aliphatic carbocycles. The number of anilines is 1. The maximum atomic E-state index is 12.1. The number of nitrogen functional groups attached to an aromatic ring is 1. The van der Waals surface area contributed by atoms with Crippen molar-refractivity contribution in [3.8, 4) is 5.75 Å². The number of nitrogens with two attached hydrogens (primary N) is 1. The van der Waals surface area contributed by atoms with Crippen LogP contribution >= 0.6 is 31.9 Å². The van der Waals surface area contributed by atoms with Crippen LogP contribution in [0, 0.1) is 0 Å². The van der Waals surface area contributed by atoms with Gasteiger partial charge in [0.25, 0.3) is 0 Å². The number of ether oxygens (including phenoxy) is 2. The quantitative estimate of drug-likeness (QED) is 0.309. The van der Waals surface area contributed by atoms with Crippen molar-refractivity contribution >= 4 is 55.3 Å². The summed E-state index contributed by atoms with van der Waals surface area (Å²) in [5, 5.41) is 0. The second-order valence-corrected chi connectivity index (χ2v) is 6.68. The third-order valence-corrected chi connectivity index (χ3v) is 4.40. The van der Waals surface area contributed by atoms with E-state index in [1.165, 1.54) is 43.3 Å². The molecule has 25 heavy (non-hydrogen) atoms. The van der Waals surface area contributed by atoms with Gasteiger partial charge in [-0.1, -0.05) is 0 Å². The molecule has 0 amide bonds. The number of rotatable bonds is 5. The first kappa shape index (κ1) is 19.1. The van der Waals surface area contributed by atoms with Crippen LogP contribution in [-0.2, 0) is 9.53 Å². The lowest BCUT2D eigenvalue weighted by molar-refractivity contribution is -0.131. The predicted octanol–water partition coefficient (Wildman–Crippen LogP) is 3.76. The predicted molar refractivity (Wildman–Crippen MR) is 98.6 cm³/mol. The van der Waals surface area contributed by atoms with Crippen molar-refractivity contribution in [2.75, 3.05) is 12.3 Å². The molecule has 0 fully saturated rings. The van der Waals surface area contributed by atoms with E-state index in [0.717, 1.165) is 0 Å². The molecule has 0 radical (unpaired) electrons. The Balaban J connectivity index is 1.99.